The Morgan fingerprint density at radius 3 is 2.59 bits per heavy atom. The van der Waals surface area contributed by atoms with Gasteiger partial charge in [0.2, 0.25) is 0 Å². The highest BCUT2D eigenvalue weighted by Gasteiger charge is 2.25. The summed E-state index contributed by atoms with van der Waals surface area (Å²) in [6.07, 6.45) is 13.2. The fourth-order valence-corrected chi connectivity index (χ4v) is 4.91. The van der Waals surface area contributed by atoms with E-state index in [-0.39, 0.29) is 6.10 Å². The molecule has 0 saturated heterocycles. The summed E-state index contributed by atoms with van der Waals surface area (Å²) in [6.45, 7) is 1.96. The van der Waals surface area contributed by atoms with Crippen molar-refractivity contribution < 1.29 is 5.11 Å². The Kier molecular flexibility index (Phi) is 4.53. The second-order valence-corrected chi connectivity index (χ2v) is 8.92. The summed E-state index contributed by atoms with van der Waals surface area (Å²) in [4.78, 5) is 2.34. The molecule has 5 rings (SSSR count). The summed E-state index contributed by atoms with van der Waals surface area (Å²) in [6, 6.07) is 9.42. The van der Waals surface area contributed by atoms with Crippen molar-refractivity contribution in [3.8, 4) is 0 Å². The molecule has 1 aliphatic heterocycles. The SMILES string of the molecule is OC1CCC(n2ccc3cc(C4=C(Cl)CN(CC5CC5)C=C4)ccc32)CC1. The number of aliphatic hydroxyl groups excluding tert-OH is 1. The molecule has 0 bridgehead atoms. The Morgan fingerprint density at radius 1 is 1.04 bits per heavy atom. The van der Waals surface area contributed by atoms with Crippen molar-refractivity contribution >= 4 is 28.1 Å². The van der Waals surface area contributed by atoms with Crippen molar-refractivity contribution in [3.05, 3.63) is 53.3 Å². The number of hydrogen-bond donors (Lipinski definition) is 1. The van der Waals surface area contributed by atoms with Gasteiger partial charge in [0, 0.05) is 40.9 Å². The lowest BCUT2D eigenvalue weighted by molar-refractivity contribution is 0.111. The smallest absolute Gasteiger partial charge is 0.0541 e. The zero-order valence-corrected chi connectivity index (χ0v) is 16.4. The van der Waals surface area contributed by atoms with Gasteiger partial charge in [0.25, 0.3) is 0 Å². The van der Waals surface area contributed by atoms with E-state index in [1.807, 2.05) is 0 Å². The monoisotopic (exact) mass is 382 g/mol. The average molecular weight is 383 g/mol. The first-order chi connectivity index (χ1) is 13.2. The van der Waals surface area contributed by atoms with Gasteiger partial charge < -0.3 is 14.6 Å². The van der Waals surface area contributed by atoms with Gasteiger partial charge in [0.1, 0.15) is 0 Å². The second-order valence-electron chi connectivity index (χ2n) is 8.47. The molecular weight excluding hydrogens is 356 g/mol. The number of aliphatic hydroxyl groups is 1. The number of rotatable bonds is 4. The third-order valence-corrected chi connectivity index (χ3v) is 6.69. The van der Waals surface area contributed by atoms with Crippen LogP contribution in [0.1, 0.15) is 50.1 Å². The molecule has 2 heterocycles. The highest BCUT2D eigenvalue weighted by atomic mass is 35.5. The Morgan fingerprint density at radius 2 is 1.85 bits per heavy atom. The molecule has 0 unspecified atom stereocenters. The summed E-state index contributed by atoms with van der Waals surface area (Å²) in [5.41, 5.74) is 3.64. The predicted molar refractivity (Wildman–Crippen MR) is 112 cm³/mol. The molecule has 1 N–H and O–H groups in total. The maximum Gasteiger partial charge on any atom is 0.0541 e. The minimum Gasteiger partial charge on any atom is -0.393 e. The van der Waals surface area contributed by atoms with Gasteiger partial charge in [-0.05, 0) is 79.9 Å². The van der Waals surface area contributed by atoms with Crippen molar-refractivity contribution in [2.24, 2.45) is 5.92 Å². The summed E-state index contributed by atoms with van der Waals surface area (Å²) in [5, 5.41) is 12.0. The largest absolute Gasteiger partial charge is 0.393 e. The molecule has 0 radical (unpaired) electrons. The van der Waals surface area contributed by atoms with Crippen molar-refractivity contribution in [2.45, 2.75) is 50.7 Å². The van der Waals surface area contributed by atoms with E-state index >= 15 is 0 Å². The zero-order valence-electron chi connectivity index (χ0n) is 15.6. The molecular formula is C23H27ClN2O. The van der Waals surface area contributed by atoms with Gasteiger partial charge in [-0.15, -0.1) is 0 Å². The first-order valence-electron chi connectivity index (χ1n) is 10.3. The fraction of sp³-hybridized carbons (Fsp3) is 0.478. The number of halogens is 1. The molecule has 2 fully saturated rings. The number of benzene rings is 1. The summed E-state index contributed by atoms with van der Waals surface area (Å²) >= 11 is 6.67. The van der Waals surface area contributed by atoms with Crippen LogP contribution in [0.25, 0.3) is 16.5 Å². The Labute approximate surface area is 165 Å². The molecule has 142 valence electrons. The van der Waals surface area contributed by atoms with Gasteiger partial charge in [-0.2, -0.15) is 0 Å². The summed E-state index contributed by atoms with van der Waals surface area (Å²) in [7, 11) is 0. The molecule has 27 heavy (non-hydrogen) atoms. The molecule has 2 saturated carbocycles. The summed E-state index contributed by atoms with van der Waals surface area (Å²) in [5.74, 6) is 0.873. The van der Waals surface area contributed by atoms with Crippen LogP contribution in [0.4, 0.5) is 0 Å². The molecule has 0 spiro atoms. The highest BCUT2D eigenvalue weighted by Crippen LogP contribution is 2.35. The molecule has 2 aromatic rings. The van der Waals surface area contributed by atoms with Crippen LogP contribution in [-0.2, 0) is 0 Å². The quantitative estimate of drug-likeness (QED) is 0.776. The van der Waals surface area contributed by atoms with Crippen molar-refractivity contribution in [1.29, 1.82) is 0 Å². The molecule has 3 aliphatic rings. The van der Waals surface area contributed by atoms with Gasteiger partial charge in [-0.1, -0.05) is 17.7 Å². The third kappa shape index (κ3) is 3.55. The third-order valence-electron chi connectivity index (χ3n) is 6.37. The molecule has 2 aliphatic carbocycles. The molecule has 1 aromatic carbocycles. The van der Waals surface area contributed by atoms with E-state index in [4.69, 9.17) is 11.6 Å². The lowest BCUT2D eigenvalue weighted by atomic mass is 9.93. The molecule has 0 amide bonds. The fourth-order valence-electron chi connectivity index (χ4n) is 4.58. The van der Waals surface area contributed by atoms with Gasteiger partial charge in [-0.25, -0.2) is 0 Å². The normalized spacial score (nSPS) is 26.2. The van der Waals surface area contributed by atoms with Crippen LogP contribution in [0.3, 0.4) is 0 Å². The first kappa shape index (κ1) is 17.4. The molecule has 0 atom stereocenters. The van der Waals surface area contributed by atoms with E-state index < -0.39 is 0 Å². The minimum absolute atomic E-state index is 0.110. The van der Waals surface area contributed by atoms with Crippen LogP contribution < -0.4 is 0 Å². The van der Waals surface area contributed by atoms with E-state index in [0.29, 0.717) is 6.04 Å². The van der Waals surface area contributed by atoms with E-state index in [2.05, 4.69) is 52.2 Å². The van der Waals surface area contributed by atoms with Crippen LogP contribution in [0, 0.1) is 5.92 Å². The number of nitrogens with zero attached hydrogens (tertiary/aromatic N) is 2. The van der Waals surface area contributed by atoms with E-state index in [1.54, 1.807) is 0 Å². The van der Waals surface area contributed by atoms with Gasteiger partial charge in [0.05, 0.1) is 12.6 Å². The minimum atomic E-state index is -0.110. The van der Waals surface area contributed by atoms with Crippen molar-refractivity contribution in [2.75, 3.05) is 13.1 Å². The topological polar surface area (TPSA) is 28.4 Å². The lowest BCUT2D eigenvalue weighted by Crippen LogP contribution is -2.24. The van der Waals surface area contributed by atoms with Crippen molar-refractivity contribution in [1.82, 2.24) is 9.47 Å². The van der Waals surface area contributed by atoms with Crippen LogP contribution in [-0.4, -0.2) is 33.8 Å². The number of fused-ring (bicyclic) bond motifs is 1. The second kappa shape index (κ2) is 7.03. The maximum atomic E-state index is 9.78. The molecule has 4 heteroatoms. The van der Waals surface area contributed by atoms with Crippen LogP contribution >= 0.6 is 11.6 Å². The van der Waals surface area contributed by atoms with Crippen molar-refractivity contribution in [3.63, 3.8) is 0 Å². The lowest BCUT2D eigenvalue weighted by Gasteiger charge is -2.27. The number of hydrogen-bond acceptors (Lipinski definition) is 2. The predicted octanol–water partition coefficient (Wildman–Crippen LogP) is 5.31. The van der Waals surface area contributed by atoms with Gasteiger partial charge in [0.15, 0.2) is 0 Å². The van der Waals surface area contributed by atoms with Crippen LogP contribution in [0.2, 0.25) is 0 Å². The standard InChI is InChI=1S/C23H27ClN2O/c24-22-15-25(14-16-1-2-16)11-10-21(22)17-3-8-23-18(13-17)9-12-26(23)19-4-6-20(27)7-5-19/h3,8-13,16,19-20,27H,1-2,4-7,14-15H2. The maximum absolute atomic E-state index is 9.78. The van der Waals surface area contributed by atoms with E-state index in [0.717, 1.165) is 55.3 Å². The van der Waals surface area contributed by atoms with E-state index in [9.17, 15) is 5.11 Å². The molecule has 1 aromatic heterocycles. The summed E-state index contributed by atoms with van der Waals surface area (Å²) < 4.78 is 2.40. The number of aromatic nitrogens is 1. The van der Waals surface area contributed by atoms with E-state index in [1.165, 1.54) is 29.3 Å². The van der Waals surface area contributed by atoms with Gasteiger partial charge >= 0.3 is 0 Å². The Balaban J connectivity index is 1.38. The zero-order chi connectivity index (χ0) is 18.4. The average Bonchev–Trinajstić information content (AvgIpc) is 3.38. The Bertz CT molecular complexity index is 900. The van der Waals surface area contributed by atoms with Gasteiger partial charge in [-0.3, -0.25) is 0 Å². The Hall–Kier alpha value is -1.71. The van der Waals surface area contributed by atoms with Crippen LogP contribution in [0.15, 0.2) is 47.8 Å². The first-order valence-corrected chi connectivity index (χ1v) is 10.6. The highest BCUT2D eigenvalue weighted by molar-refractivity contribution is 6.33. The number of allylic oxidation sites excluding steroid dienone is 2. The van der Waals surface area contributed by atoms with Crippen LogP contribution in [0.5, 0.6) is 0 Å². The molecule has 3 nitrogen and oxygen atoms in total.